The summed E-state index contributed by atoms with van der Waals surface area (Å²) in [5, 5.41) is 16.6. The van der Waals surface area contributed by atoms with Gasteiger partial charge < -0.3 is 15.4 Å². The van der Waals surface area contributed by atoms with Crippen molar-refractivity contribution < 1.29 is 9.90 Å². The van der Waals surface area contributed by atoms with Gasteiger partial charge in [-0.25, -0.2) is 0 Å². The number of likely N-dealkylation sites (tertiary alicyclic amines) is 1. The van der Waals surface area contributed by atoms with Crippen molar-refractivity contribution in [2.24, 2.45) is 0 Å². The molecule has 0 saturated carbocycles. The van der Waals surface area contributed by atoms with Gasteiger partial charge >= 0.3 is 0 Å². The minimum Gasteiger partial charge on any atom is -0.512 e. The number of rotatable bonds is 3. The molecule has 1 heterocycles. The molecule has 2 N–H and O–H groups in total. The summed E-state index contributed by atoms with van der Waals surface area (Å²) in [7, 11) is 0. The zero-order valence-electron chi connectivity index (χ0n) is 9.29. The molecule has 84 valence electrons. The van der Waals surface area contributed by atoms with Crippen LogP contribution in [0.2, 0.25) is 0 Å². The Labute approximate surface area is 90.1 Å². The lowest BCUT2D eigenvalue weighted by Crippen LogP contribution is -2.33. The van der Waals surface area contributed by atoms with E-state index in [0.29, 0.717) is 0 Å². The summed E-state index contributed by atoms with van der Waals surface area (Å²) in [5.74, 6) is -0.0680. The first-order chi connectivity index (χ1) is 7.00. The predicted molar refractivity (Wildman–Crippen MR) is 59.1 cm³/mol. The zero-order valence-corrected chi connectivity index (χ0v) is 9.29. The zero-order chi connectivity index (χ0) is 11.4. The van der Waals surface area contributed by atoms with Crippen LogP contribution in [0.5, 0.6) is 0 Å². The van der Waals surface area contributed by atoms with Crippen molar-refractivity contribution in [2.75, 3.05) is 6.54 Å². The maximum Gasteiger partial charge on any atom is 0.230 e. The molecule has 0 aromatic heterocycles. The summed E-state index contributed by atoms with van der Waals surface area (Å²) in [4.78, 5) is 13.5. The van der Waals surface area contributed by atoms with Gasteiger partial charge in [-0.3, -0.25) is 4.79 Å². The molecule has 1 amide bonds. The van der Waals surface area contributed by atoms with Gasteiger partial charge in [0.2, 0.25) is 5.91 Å². The molecule has 1 aliphatic rings. The third-order valence-corrected chi connectivity index (χ3v) is 2.59. The first kappa shape index (κ1) is 11.8. The number of hydrogen-bond acceptors (Lipinski definition) is 3. The van der Waals surface area contributed by atoms with Crippen LogP contribution in [-0.2, 0) is 4.79 Å². The molecule has 0 spiro atoms. The third kappa shape index (κ3) is 3.38. The molecule has 1 aliphatic heterocycles. The van der Waals surface area contributed by atoms with Crippen molar-refractivity contribution in [1.82, 2.24) is 4.90 Å². The average Bonchev–Trinajstić information content (AvgIpc) is 2.49. The number of aliphatic hydroxyl groups is 1. The lowest BCUT2D eigenvalue weighted by molar-refractivity contribution is -0.131. The fourth-order valence-electron chi connectivity index (χ4n) is 1.86. The summed E-state index contributed by atoms with van der Waals surface area (Å²) in [6.45, 7) is 4.38. The lowest BCUT2D eigenvalue weighted by Gasteiger charge is -2.21. The van der Waals surface area contributed by atoms with Crippen LogP contribution in [-0.4, -0.2) is 34.2 Å². The molecule has 4 nitrogen and oxygen atoms in total. The molecular weight excluding hydrogens is 192 g/mol. The Kier molecular flexibility index (Phi) is 3.88. The fraction of sp³-hybridized carbons (Fsp3) is 0.636. The van der Waals surface area contributed by atoms with Crippen LogP contribution in [0.1, 0.15) is 33.1 Å². The van der Waals surface area contributed by atoms with Crippen LogP contribution in [0.4, 0.5) is 0 Å². The summed E-state index contributed by atoms with van der Waals surface area (Å²) >= 11 is 0. The quantitative estimate of drug-likeness (QED) is 0.551. The molecule has 1 saturated heterocycles. The van der Waals surface area contributed by atoms with Gasteiger partial charge in [-0.15, -0.1) is 0 Å². The van der Waals surface area contributed by atoms with Crippen LogP contribution in [0.3, 0.4) is 0 Å². The standard InChI is InChI=1S/C11H18N2O2/c1-8(12)6-10(14)7-11(15)13-5-3-4-9(13)2/h6,9,12,14H,3-5,7H2,1-2H3/b10-6-,12-8?. The topological polar surface area (TPSA) is 64.4 Å². The van der Waals surface area contributed by atoms with Crippen molar-refractivity contribution in [1.29, 1.82) is 5.41 Å². The lowest BCUT2D eigenvalue weighted by atomic mass is 10.2. The molecule has 0 aromatic rings. The van der Waals surface area contributed by atoms with Gasteiger partial charge in [-0.2, -0.15) is 0 Å². The van der Waals surface area contributed by atoms with Gasteiger partial charge in [-0.1, -0.05) is 0 Å². The highest BCUT2D eigenvalue weighted by molar-refractivity contribution is 5.91. The van der Waals surface area contributed by atoms with Gasteiger partial charge in [-0.05, 0) is 32.8 Å². The van der Waals surface area contributed by atoms with E-state index in [-0.39, 0.29) is 29.8 Å². The van der Waals surface area contributed by atoms with E-state index in [2.05, 4.69) is 0 Å². The number of nitrogens with zero attached hydrogens (tertiary/aromatic N) is 1. The van der Waals surface area contributed by atoms with E-state index >= 15 is 0 Å². The van der Waals surface area contributed by atoms with Gasteiger partial charge in [0.25, 0.3) is 0 Å². The Morgan fingerprint density at radius 3 is 2.80 bits per heavy atom. The van der Waals surface area contributed by atoms with Gasteiger partial charge in [0.1, 0.15) is 5.76 Å². The second-order valence-corrected chi connectivity index (χ2v) is 4.07. The minimum absolute atomic E-state index is 0.0144. The molecular formula is C11H18N2O2. The van der Waals surface area contributed by atoms with Crippen molar-refractivity contribution in [2.45, 2.75) is 39.2 Å². The Morgan fingerprint density at radius 2 is 2.33 bits per heavy atom. The van der Waals surface area contributed by atoms with Crippen molar-refractivity contribution >= 4 is 11.6 Å². The Balaban J connectivity index is 2.52. The predicted octanol–water partition coefficient (Wildman–Crippen LogP) is 1.87. The van der Waals surface area contributed by atoms with Crippen LogP contribution in [0.15, 0.2) is 11.8 Å². The highest BCUT2D eigenvalue weighted by atomic mass is 16.3. The average molecular weight is 210 g/mol. The molecule has 1 unspecified atom stereocenters. The van der Waals surface area contributed by atoms with Gasteiger partial charge in [0.15, 0.2) is 0 Å². The van der Waals surface area contributed by atoms with E-state index in [1.54, 1.807) is 11.8 Å². The van der Waals surface area contributed by atoms with E-state index in [1.165, 1.54) is 6.08 Å². The number of hydrogen-bond donors (Lipinski definition) is 2. The van der Waals surface area contributed by atoms with E-state index < -0.39 is 0 Å². The first-order valence-corrected chi connectivity index (χ1v) is 5.25. The molecule has 1 atom stereocenters. The third-order valence-electron chi connectivity index (χ3n) is 2.59. The molecule has 1 fully saturated rings. The van der Waals surface area contributed by atoms with E-state index in [4.69, 9.17) is 5.41 Å². The Bertz CT molecular complexity index is 297. The molecule has 0 bridgehead atoms. The Hall–Kier alpha value is -1.32. The summed E-state index contributed by atoms with van der Waals surface area (Å²) in [6, 6.07) is 0.284. The second kappa shape index (κ2) is 4.96. The van der Waals surface area contributed by atoms with Crippen LogP contribution in [0.25, 0.3) is 0 Å². The summed E-state index contributed by atoms with van der Waals surface area (Å²) in [5.41, 5.74) is 0.259. The summed E-state index contributed by atoms with van der Waals surface area (Å²) < 4.78 is 0. The minimum atomic E-state index is -0.0463. The summed E-state index contributed by atoms with van der Waals surface area (Å²) in [6.07, 6.45) is 3.42. The monoisotopic (exact) mass is 210 g/mol. The number of carbonyl (C=O) groups is 1. The van der Waals surface area contributed by atoms with E-state index in [1.807, 2.05) is 6.92 Å². The number of amides is 1. The largest absolute Gasteiger partial charge is 0.512 e. The molecule has 0 aliphatic carbocycles. The Morgan fingerprint density at radius 1 is 1.67 bits per heavy atom. The fourth-order valence-corrected chi connectivity index (χ4v) is 1.86. The van der Waals surface area contributed by atoms with Crippen molar-refractivity contribution in [3.63, 3.8) is 0 Å². The number of aliphatic hydroxyl groups excluding tert-OH is 1. The van der Waals surface area contributed by atoms with Crippen LogP contribution < -0.4 is 0 Å². The molecule has 4 heteroatoms. The van der Waals surface area contributed by atoms with Crippen LogP contribution >= 0.6 is 0 Å². The molecule has 0 aromatic carbocycles. The normalized spacial score (nSPS) is 21.9. The van der Waals surface area contributed by atoms with Crippen LogP contribution in [0, 0.1) is 5.41 Å². The maximum absolute atomic E-state index is 11.7. The molecule has 0 radical (unpaired) electrons. The molecule has 1 rings (SSSR count). The molecule has 15 heavy (non-hydrogen) atoms. The van der Waals surface area contributed by atoms with Crippen molar-refractivity contribution in [3.05, 3.63) is 11.8 Å². The SMILES string of the molecule is CC(=N)/C=C(\O)CC(=O)N1CCCC1C. The first-order valence-electron chi connectivity index (χ1n) is 5.25. The van der Waals surface area contributed by atoms with E-state index in [0.717, 1.165) is 19.4 Å². The van der Waals surface area contributed by atoms with Crippen molar-refractivity contribution in [3.8, 4) is 0 Å². The van der Waals surface area contributed by atoms with Gasteiger partial charge in [0.05, 0.1) is 6.42 Å². The smallest absolute Gasteiger partial charge is 0.230 e. The number of nitrogens with one attached hydrogen (secondary N) is 1. The number of carbonyl (C=O) groups excluding carboxylic acids is 1. The highest BCUT2D eigenvalue weighted by Gasteiger charge is 2.25. The number of allylic oxidation sites excluding steroid dienone is 1. The van der Waals surface area contributed by atoms with E-state index in [9.17, 15) is 9.90 Å². The maximum atomic E-state index is 11.7. The van der Waals surface area contributed by atoms with Gasteiger partial charge in [0, 0.05) is 18.3 Å². The highest BCUT2D eigenvalue weighted by Crippen LogP contribution is 2.18. The second-order valence-electron chi connectivity index (χ2n) is 4.07.